The van der Waals surface area contributed by atoms with Crippen LogP contribution in [0.1, 0.15) is 76.7 Å². The van der Waals surface area contributed by atoms with E-state index in [0.717, 1.165) is 70.8 Å². The van der Waals surface area contributed by atoms with Gasteiger partial charge in [0.15, 0.2) is 0 Å². The minimum Gasteiger partial charge on any atom is -0.464 e. The average molecular weight is 483 g/mol. The highest BCUT2D eigenvalue weighted by atomic mass is 16.5. The number of nitrogens with zero attached hydrogens (tertiary/aromatic N) is 3. The number of carbonyl (C=O) groups excluding carboxylic acids is 1. The molecule has 1 aromatic rings. The monoisotopic (exact) mass is 482 g/mol. The van der Waals surface area contributed by atoms with E-state index in [1.807, 2.05) is 0 Å². The van der Waals surface area contributed by atoms with Gasteiger partial charge in [0.25, 0.3) is 0 Å². The maximum Gasteiger partial charge on any atom is 0.305 e. The van der Waals surface area contributed by atoms with E-state index in [9.17, 15) is 4.79 Å². The van der Waals surface area contributed by atoms with Crippen molar-refractivity contribution in [2.45, 2.75) is 77.2 Å². The topological polar surface area (TPSA) is 62.0 Å². The van der Waals surface area contributed by atoms with Crippen molar-refractivity contribution in [1.82, 2.24) is 9.80 Å². The van der Waals surface area contributed by atoms with E-state index in [1.165, 1.54) is 55.3 Å². The minimum absolute atomic E-state index is 0.0308. The summed E-state index contributed by atoms with van der Waals surface area (Å²) in [4.78, 5) is 19.5. The standard InChI is InChI=1S/C29H46N4O2/c1-2-3-4-5-15-28(34)35-23-22-32-20-18-31(19-21-32)16-10-17-33-26-13-8-6-11-24(26)29(30)25-12-7-9-14-27(25)33/h6,8,11,13,27H,2-5,7,9-10,12,14-23,30H2,1H3. The molecule has 1 saturated heterocycles. The molecule has 6 heteroatoms. The van der Waals surface area contributed by atoms with Crippen LogP contribution in [-0.2, 0) is 9.53 Å². The summed E-state index contributed by atoms with van der Waals surface area (Å²) in [6.07, 6.45) is 11.2. The molecule has 1 unspecified atom stereocenters. The van der Waals surface area contributed by atoms with Gasteiger partial charge in [0, 0.05) is 62.6 Å². The zero-order valence-corrected chi connectivity index (χ0v) is 21.9. The predicted molar refractivity (Wildman–Crippen MR) is 144 cm³/mol. The lowest BCUT2D eigenvalue weighted by Crippen LogP contribution is -2.48. The number of para-hydroxylation sites is 1. The highest BCUT2D eigenvalue weighted by Gasteiger charge is 2.33. The molecule has 0 spiro atoms. The van der Waals surface area contributed by atoms with Gasteiger partial charge in [-0.05, 0) is 50.3 Å². The molecule has 3 aliphatic rings. The summed E-state index contributed by atoms with van der Waals surface area (Å²) in [7, 11) is 0. The summed E-state index contributed by atoms with van der Waals surface area (Å²) in [5.41, 5.74) is 11.7. The molecule has 35 heavy (non-hydrogen) atoms. The average Bonchev–Trinajstić information content (AvgIpc) is 2.89. The van der Waals surface area contributed by atoms with Crippen LogP contribution in [0.3, 0.4) is 0 Å². The summed E-state index contributed by atoms with van der Waals surface area (Å²) in [5.74, 6) is -0.0308. The van der Waals surface area contributed by atoms with Crippen LogP contribution in [0.25, 0.3) is 5.70 Å². The van der Waals surface area contributed by atoms with Gasteiger partial charge in [-0.1, -0.05) is 50.8 Å². The molecule has 6 nitrogen and oxygen atoms in total. The Kier molecular flexibility index (Phi) is 9.90. The van der Waals surface area contributed by atoms with Gasteiger partial charge in [-0.25, -0.2) is 0 Å². The Morgan fingerprint density at radius 3 is 2.54 bits per heavy atom. The number of fused-ring (bicyclic) bond motifs is 2. The van der Waals surface area contributed by atoms with Crippen molar-refractivity contribution in [1.29, 1.82) is 0 Å². The highest BCUT2D eigenvalue weighted by molar-refractivity contribution is 5.82. The normalized spacial score (nSPS) is 21.1. The SMILES string of the molecule is CCCCCCC(=O)OCCN1CCN(CCCN2c3ccccc3C(N)=C3CCCCC32)CC1. The quantitative estimate of drug-likeness (QED) is 0.346. The molecule has 0 radical (unpaired) electrons. The molecule has 0 bridgehead atoms. The molecule has 1 atom stereocenters. The van der Waals surface area contributed by atoms with Gasteiger partial charge in [0.1, 0.15) is 6.61 Å². The molecule has 1 aromatic carbocycles. The van der Waals surface area contributed by atoms with Gasteiger partial charge in [-0.2, -0.15) is 0 Å². The van der Waals surface area contributed by atoms with Crippen LogP contribution in [0.15, 0.2) is 29.8 Å². The van der Waals surface area contributed by atoms with Crippen LogP contribution in [0.4, 0.5) is 5.69 Å². The third-order valence-corrected chi connectivity index (χ3v) is 8.05. The van der Waals surface area contributed by atoms with Crippen LogP contribution < -0.4 is 10.6 Å². The second-order valence-corrected chi connectivity index (χ2v) is 10.5. The summed E-state index contributed by atoms with van der Waals surface area (Å²) in [5, 5.41) is 0. The predicted octanol–water partition coefficient (Wildman–Crippen LogP) is 4.64. The fourth-order valence-electron chi connectivity index (χ4n) is 5.98. The molecule has 0 aromatic heterocycles. The van der Waals surface area contributed by atoms with Crippen LogP contribution in [0.2, 0.25) is 0 Å². The maximum absolute atomic E-state index is 11.9. The Balaban J connectivity index is 1.16. The van der Waals surface area contributed by atoms with Crippen LogP contribution in [0, 0.1) is 0 Å². The van der Waals surface area contributed by atoms with Gasteiger partial charge >= 0.3 is 5.97 Å². The molecule has 2 N–H and O–H groups in total. The van der Waals surface area contributed by atoms with Crippen molar-refractivity contribution in [2.75, 3.05) is 57.3 Å². The number of ether oxygens (including phenoxy) is 1. The lowest BCUT2D eigenvalue weighted by Gasteiger charge is -2.43. The number of benzene rings is 1. The fourth-order valence-corrected chi connectivity index (χ4v) is 5.98. The van der Waals surface area contributed by atoms with Gasteiger partial charge in [0.2, 0.25) is 0 Å². The van der Waals surface area contributed by atoms with E-state index in [0.29, 0.717) is 19.1 Å². The van der Waals surface area contributed by atoms with E-state index >= 15 is 0 Å². The fraction of sp³-hybridized carbons (Fsp3) is 0.690. The van der Waals surface area contributed by atoms with Crippen molar-refractivity contribution < 1.29 is 9.53 Å². The Labute approximate surface area is 212 Å². The van der Waals surface area contributed by atoms with E-state index < -0.39 is 0 Å². The Hall–Kier alpha value is -2.05. The minimum atomic E-state index is -0.0308. The van der Waals surface area contributed by atoms with Gasteiger partial charge < -0.3 is 20.3 Å². The van der Waals surface area contributed by atoms with E-state index in [4.69, 9.17) is 10.5 Å². The van der Waals surface area contributed by atoms with E-state index in [-0.39, 0.29) is 5.97 Å². The number of piperazine rings is 1. The number of esters is 1. The number of unbranched alkanes of at least 4 members (excludes halogenated alkanes) is 3. The molecule has 194 valence electrons. The first kappa shape index (κ1) is 26.0. The van der Waals surface area contributed by atoms with Crippen molar-refractivity contribution in [3.05, 3.63) is 35.4 Å². The van der Waals surface area contributed by atoms with Crippen molar-refractivity contribution >= 4 is 17.4 Å². The summed E-state index contributed by atoms with van der Waals surface area (Å²) in [6.45, 7) is 10.1. The summed E-state index contributed by atoms with van der Waals surface area (Å²) < 4.78 is 5.45. The smallest absolute Gasteiger partial charge is 0.305 e. The lowest BCUT2D eigenvalue weighted by molar-refractivity contribution is -0.144. The molecule has 1 saturated carbocycles. The van der Waals surface area contributed by atoms with Crippen LogP contribution in [0.5, 0.6) is 0 Å². The van der Waals surface area contributed by atoms with Crippen LogP contribution >= 0.6 is 0 Å². The maximum atomic E-state index is 11.9. The Bertz CT molecular complexity index is 847. The number of hydrogen-bond donors (Lipinski definition) is 1. The molecular formula is C29H46N4O2. The second-order valence-electron chi connectivity index (χ2n) is 10.5. The van der Waals surface area contributed by atoms with Crippen molar-refractivity contribution in [2.24, 2.45) is 5.73 Å². The second kappa shape index (κ2) is 13.3. The van der Waals surface area contributed by atoms with Crippen LogP contribution in [-0.4, -0.2) is 74.2 Å². The highest BCUT2D eigenvalue weighted by Crippen LogP contribution is 2.41. The number of anilines is 1. The third-order valence-electron chi connectivity index (χ3n) is 8.05. The zero-order valence-electron chi connectivity index (χ0n) is 21.9. The molecule has 1 aliphatic carbocycles. The third kappa shape index (κ3) is 7.01. The van der Waals surface area contributed by atoms with Crippen molar-refractivity contribution in [3.8, 4) is 0 Å². The number of carbonyl (C=O) groups is 1. The summed E-state index contributed by atoms with van der Waals surface area (Å²) >= 11 is 0. The number of rotatable bonds is 12. The molecule has 2 heterocycles. The van der Waals surface area contributed by atoms with Gasteiger partial charge in [-0.15, -0.1) is 0 Å². The molecule has 0 amide bonds. The first-order valence-electron chi connectivity index (χ1n) is 14.1. The largest absolute Gasteiger partial charge is 0.464 e. The molecule has 2 aliphatic heterocycles. The first-order chi connectivity index (χ1) is 17.2. The molecule has 2 fully saturated rings. The molecular weight excluding hydrogens is 436 g/mol. The first-order valence-corrected chi connectivity index (χ1v) is 14.1. The van der Waals surface area contributed by atoms with Gasteiger partial charge in [0.05, 0.1) is 6.04 Å². The zero-order chi connectivity index (χ0) is 24.5. The lowest BCUT2D eigenvalue weighted by atomic mass is 9.82. The Morgan fingerprint density at radius 2 is 1.74 bits per heavy atom. The number of hydrogen-bond acceptors (Lipinski definition) is 6. The van der Waals surface area contributed by atoms with Crippen molar-refractivity contribution in [3.63, 3.8) is 0 Å². The number of nitrogens with two attached hydrogens (primary N) is 1. The van der Waals surface area contributed by atoms with E-state index in [2.05, 4.69) is 45.9 Å². The molecule has 4 rings (SSSR count). The van der Waals surface area contributed by atoms with E-state index in [1.54, 1.807) is 0 Å². The summed E-state index contributed by atoms with van der Waals surface area (Å²) in [6, 6.07) is 9.20. The Morgan fingerprint density at radius 1 is 0.971 bits per heavy atom. The van der Waals surface area contributed by atoms with Gasteiger partial charge in [-0.3, -0.25) is 9.69 Å².